The second kappa shape index (κ2) is 5.89. The fourth-order valence-corrected chi connectivity index (χ4v) is 1.96. The Morgan fingerprint density at radius 1 is 1.22 bits per heavy atom. The molecule has 3 nitrogen and oxygen atoms in total. The van der Waals surface area contributed by atoms with Gasteiger partial charge in [-0.1, -0.05) is 23.2 Å². The Morgan fingerprint density at radius 3 is 2.67 bits per heavy atom. The lowest BCUT2D eigenvalue weighted by Gasteiger charge is -2.10. The third kappa shape index (κ3) is 3.14. The van der Waals surface area contributed by atoms with Gasteiger partial charge in [0.2, 0.25) is 0 Å². The summed E-state index contributed by atoms with van der Waals surface area (Å²) >= 11 is 15.1. The largest absolute Gasteiger partial charge is 0.455 e. The van der Waals surface area contributed by atoms with E-state index in [-0.39, 0.29) is 0 Å². The molecule has 6 heteroatoms. The highest BCUT2D eigenvalue weighted by Gasteiger charge is 2.07. The lowest BCUT2D eigenvalue weighted by atomic mass is 10.3. The molecule has 0 fully saturated rings. The van der Waals surface area contributed by atoms with Crippen LogP contribution in [0.2, 0.25) is 10.0 Å². The summed E-state index contributed by atoms with van der Waals surface area (Å²) < 4.78 is 6.52. The fraction of sp³-hybridized carbons (Fsp3) is 0.0833. The van der Waals surface area contributed by atoms with E-state index in [4.69, 9.17) is 33.7 Å². The highest BCUT2D eigenvalue weighted by Crippen LogP contribution is 2.31. The maximum Gasteiger partial charge on any atom is 0.151 e. The van der Waals surface area contributed by atoms with Gasteiger partial charge in [-0.25, -0.2) is 0 Å². The van der Waals surface area contributed by atoms with Crippen LogP contribution in [0.3, 0.4) is 0 Å². The Morgan fingerprint density at radius 2 is 2.00 bits per heavy atom. The van der Waals surface area contributed by atoms with Crippen LogP contribution >= 0.6 is 39.1 Å². The second-order valence-electron chi connectivity index (χ2n) is 3.48. The zero-order valence-electron chi connectivity index (χ0n) is 9.16. The second-order valence-corrected chi connectivity index (χ2v) is 5.21. The lowest BCUT2D eigenvalue weighted by molar-refractivity contribution is 0.472. The fourth-order valence-electron chi connectivity index (χ4n) is 1.36. The maximum absolute atomic E-state index is 5.92. The SMILES string of the molecule is NCc1ncc(Br)cc1Oc1ccc(Cl)c(Cl)c1. The molecule has 2 aromatic rings. The van der Waals surface area contributed by atoms with Crippen LogP contribution < -0.4 is 10.5 Å². The van der Waals surface area contributed by atoms with Gasteiger partial charge in [0.05, 0.1) is 15.7 Å². The number of pyridine rings is 1. The molecule has 0 aliphatic rings. The predicted octanol–water partition coefficient (Wildman–Crippen LogP) is 4.40. The van der Waals surface area contributed by atoms with E-state index in [0.29, 0.717) is 33.8 Å². The number of ether oxygens (including phenoxy) is 1. The number of nitrogens with zero attached hydrogens (tertiary/aromatic N) is 1. The third-order valence-corrected chi connectivity index (χ3v) is 3.38. The van der Waals surface area contributed by atoms with Crippen molar-refractivity contribution in [3.63, 3.8) is 0 Å². The molecule has 0 spiro atoms. The third-order valence-electron chi connectivity index (χ3n) is 2.21. The van der Waals surface area contributed by atoms with Gasteiger partial charge in [-0.3, -0.25) is 4.98 Å². The average Bonchev–Trinajstić information content (AvgIpc) is 2.34. The van der Waals surface area contributed by atoms with Crippen molar-refractivity contribution in [1.29, 1.82) is 0 Å². The van der Waals surface area contributed by atoms with E-state index in [2.05, 4.69) is 20.9 Å². The van der Waals surface area contributed by atoms with Gasteiger partial charge in [-0.15, -0.1) is 0 Å². The topological polar surface area (TPSA) is 48.1 Å². The van der Waals surface area contributed by atoms with Crippen molar-refractivity contribution in [2.75, 3.05) is 0 Å². The molecule has 1 heterocycles. The number of hydrogen-bond donors (Lipinski definition) is 1. The molecule has 0 saturated heterocycles. The smallest absolute Gasteiger partial charge is 0.151 e. The molecule has 2 rings (SSSR count). The van der Waals surface area contributed by atoms with Gasteiger partial charge in [0.15, 0.2) is 5.75 Å². The Labute approximate surface area is 123 Å². The Bertz CT molecular complexity index is 578. The average molecular weight is 348 g/mol. The molecule has 1 aromatic heterocycles. The zero-order chi connectivity index (χ0) is 13.1. The molecule has 0 atom stereocenters. The Kier molecular flexibility index (Phi) is 4.45. The van der Waals surface area contributed by atoms with Crippen LogP contribution in [0.5, 0.6) is 11.5 Å². The summed E-state index contributed by atoms with van der Waals surface area (Å²) in [4.78, 5) is 4.18. The molecule has 0 amide bonds. The van der Waals surface area contributed by atoms with Crippen LogP contribution in [0.1, 0.15) is 5.69 Å². The van der Waals surface area contributed by atoms with Gasteiger partial charge in [-0.05, 0) is 34.1 Å². The molecule has 94 valence electrons. The molecule has 0 radical (unpaired) electrons. The monoisotopic (exact) mass is 346 g/mol. The summed E-state index contributed by atoms with van der Waals surface area (Å²) in [6.07, 6.45) is 1.67. The number of benzene rings is 1. The first-order valence-electron chi connectivity index (χ1n) is 5.07. The van der Waals surface area contributed by atoms with Crippen molar-refractivity contribution in [2.24, 2.45) is 5.73 Å². The molecule has 2 N–H and O–H groups in total. The summed E-state index contributed by atoms with van der Waals surface area (Å²) in [7, 11) is 0. The van der Waals surface area contributed by atoms with Gasteiger partial charge >= 0.3 is 0 Å². The van der Waals surface area contributed by atoms with E-state index in [1.165, 1.54) is 0 Å². The Balaban J connectivity index is 2.33. The molecule has 0 saturated carbocycles. The van der Waals surface area contributed by atoms with E-state index in [1.807, 2.05) is 0 Å². The minimum Gasteiger partial charge on any atom is -0.455 e. The minimum atomic E-state index is 0.296. The molecule has 18 heavy (non-hydrogen) atoms. The Hall–Kier alpha value is -0.810. The van der Waals surface area contributed by atoms with Crippen molar-refractivity contribution in [1.82, 2.24) is 4.98 Å². The quantitative estimate of drug-likeness (QED) is 0.894. The van der Waals surface area contributed by atoms with Gasteiger partial charge in [-0.2, -0.15) is 0 Å². The van der Waals surface area contributed by atoms with Crippen molar-refractivity contribution in [2.45, 2.75) is 6.54 Å². The van der Waals surface area contributed by atoms with Crippen molar-refractivity contribution in [3.05, 3.63) is 50.7 Å². The van der Waals surface area contributed by atoms with Gasteiger partial charge in [0, 0.05) is 23.3 Å². The zero-order valence-corrected chi connectivity index (χ0v) is 12.3. The summed E-state index contributed by atoms with van der Waals surface area (Å²) in [6, 6.07) is 6.85. The van der Waals surface area contributed by atoms with Crippen LogP contribution in [0.25, 0.3) is 0 Å². The molecule has 0 unspecified atom stereocenters. The highest BCUT2D eigenvalue weighted by atomic mass is 79.9. The summed E-state index contributed by atoms with van der Waals surface area (Å²) in [5, 5.41) is 0.918. The molecular weight excluding hydrogens is 339 g/mol. The van der Waals surface area contributed by atoms with Crippen LogP contribution in [0.15, 0.2) is 34.9 Å². The first-order chi connectivity index (χ1) is 8.60. The molecular formula is C12H9BrCl2N2O. The van der Waals surface area contributed by atoms with Gasteiger partial charge < -0.3 is 10.5 Å². The predicted molar refractivity (Wildman–Crippen MR) is 76.4 cm³/mol. The van der Waals surface area contributed by atoms with Crippen LogP contribution in [0.4, 0.5) is 0 Å². The van der Waals surface area contributed by atoms with Crippen molar-refractivity contribution >= 4 is 39.1 Å². The number of rotatable bonds is 3. The number of halogens is 3. The van der Waals surface area contributed by atoms with E-state index in [9.17, 15) is 0 Å². The number of nitrogens with two attached hydrogens (primary N) is 1. The highest BCUT2D eigenvalue weighted by molar-refractivity contribution is 9.10. The first kappa shape index (κ1) is 13.6. The molecule has 0 aliphatic carbocycles. The summed E-state index contributed by atoms with van der Waals surface area (Å²) in [5.74, 6) is 1.17. The van der Waals surface area contributed by atoms with Crippen LogP contribution in [0, 0.1) is 0 Å². The lowest BCUT2D eigenvalue weighted by Crippen LogP contribution is -2.02. The maximum atomic E-state index is 5.92. The summed E-state index contributed by atoms with van der Waals surface area (Å²) in [6.45, 7) is 0.296. The summed E-state index contributed by atoms with van der Waals surface area (Å²) in [5.41, 5.74) is 6.27. The van der Waals surface area contributed by atoms with E-state index in [0.717, 1.165) is 4.47 Å². The van der Waals surface area contributed by atoms with Crippen LogP contribution in [-0.4, -0.2) is 4.98 Å². The molecule has 0 bridgehead atoms. The van der Waals surface area contributed by atoms with E-state index in [1.54, 1.807) is 30.5 Å². The number of aromatic nitrogens is 1. The van der Waals surface area contributed by atoms with Gasteiger partial charge in [0.25, 0.3) is 0 Å². The van der Waals surface area contributed by atoms with E-state index < -0.39 is 0 Å². The van der Waals surface area contributed by atoms with E-state index >= 15 is 0 Å². The van der Waals surface area contributed by atoms with Gasteiger partial charge in [0.1, 0.15) is 5.75 Å². The van der Waals surface area contributed by atoms with Crippen LogP contribution in [-0.2, 0) is 6.54 Å². The standard InChI is InChI=1S/C12H9BrCl2N2O/c13-7-3-12(11(5-16)17-6-7)18-8-1-2-9(14)10(15)4-8/h1-4,6H,5,16H2. The molecule has 1 aromatic carbocycles. The van der Waals surface area contributed by atoms with Crippen molar-refractivity contribution in [3.8, 4) is 11.5 Å². The van der Waals surface area contributed by atoms with Crippen molar-refractivity contribution < 1.29 is 4.74 Å². The number of hydrogen-bond acceptors (Lipinski definition) is 3. The minimum absolute atomic E-state index is 0.296. The first-order valence-corrected chi connectivity index (χ1v) is 6.62. The normalized spacial score (nSPS) is 10.4. The molecule has 0 aliphatic heterocycles.